The van der Waals surface area contributed by atoms with Gasteiger partial charge in [-0.05, 0) is 43.0 Å². The maximum atomic E-state index is 5.64. The first kappa shape index (κ1) is 13.8. The molecule has 0 radical (unpaired) electrons. The summed E-state index contributed by atoms with van der Waals surface area (Å²) < 4.78 is 10.8. The fourth-order valence-corrected chi connectivity index (χ4v) is 3.96. The minimum absolute atomic E-state index is 0.0885. The molecule has 1 saturated carbocycles. The molecule has 1 aromatic carbocycles. The first-order valence-corrected chi connectivity index (χ1v) is 7.97. The Morgan fingerprint density at radius 3 is 3.05 bits per heavy atom. The molecule has 1 aliphatic carbocycles. The standard InChI is InChI=1S/C17H21N3O2/c1-21-14-6-4-12(5-7-14)9-15-19-16(22-20-15)17-8-2-3-13(17)10-18-11-17/h4-7,13,18H,2-3,8-11H2,1H3/t13-,17-/m1/s1. The third-order valence-electron chi connectivity index (χ3n) is 5.20. The normalized spacial score (nSPS) is 27.0. The van der Waals surface area contributed by atoms with Gasteiger partial charge in [0.15, 0.2) is 5.82 Å². The average molecular weight is 299 g/mol. The highest BCUT2D eigenvalue weighted by atomic mass is 16.5. The fraction of sp³-hybridized carbons (Fsp3) is 0.529. The van der Waals surface area contributed by atoms with E-state index in [9.17, 15) is 0 Å². The van der Waals surface area contributed by atoms with Crippen molar-refractivity contribution in [3.63, 3.8) is 0 Å². The molecule has 0 unspecified atom stereocenters. The molecule has 2 aromatic rings. The quantitative estimate of drug-likeness (QED) is 0.939. The van der Waals surface area contributed by atoms with Crippen molar-refractivity contribution in [3.05, 3.63) is 41.5 Å². The number of fused-ring (bicyclic) bond motifs is 1. The van der Waals surface area contributed by atoms with Gasteiger partial charge in [0, 0.05) is 13.0 Å². The predicted molar refractivity (Wildman–Crippen MR) is 82.0 cm³/mol. The topological polar surface area (TPSA) is 60.2 Å². The van der Waals surface area contributed by atoms with Crippen molar-refractivity contribution >= 4 is 0 Å². The van der Waals surface area contributed by atoms with E-state index >= 15 is 0 Å². The van der Waals surface area contributed by atoms with Gasteiger partial charge in [0.25, 0.3) is 0 Å². The summed E-state index contributed by atoms with van der Waals surface area (Å²) in [5, 5.41) is 7.70. The van der Waals surface area contributed by atoms with Crippen molar-refractivity contribution in [2.75, 3.05) is 20.2 Å². The molecule has 1 aliphatic heterocycles. The Hall–Kier alpha value is -1.88. The van der Waals surface area contributed by atoms with Crippen LogP contribution in [0.2, 0.25) is 0 Å². The van der Waals surface area contributed by atoms with Gasteiger partial charge >= 0.3 is 0 Å². The van der Waals surface area contributed by atoms with Crippen LogP contribution in [0.25, 0.3) is 0 Å². The maximum Gasteiger partial charge on any atom is 0.234 e. The Labute approximate surface area is 130 Å². The highest BCUT2D eigenvalue weighted by Crippen LogP contribution is 2.47. The van der Waals surface area contributed by atoms with Crippen molar-refractivity contribution in [3.8, 4) is 5.75 Å². The Kier molecular flexibility index (Phi) is 3.37. The Morgan fingerprint density at radius 2 is 2.23 bits per heavy atom. The summed E-state index contributed by atoms with van der Waals surface area (Å²) in [6.07, 6.45) is 4.39. The molecule has 22 heavy (non-hydrogen) atoms. The van der Waals surface area contributed by atoms with Crippen LogP contribution >= 0.6 is 0 Å². The van der Waals surface area contributed by atoms with E-state index in [2.05, 4.69) is 10.5 Å². The molecule has 0 spiro atoms. The maximum absolute atomic E-state index is 5.64. The third-order valence-corrected chi connectivity index (χ3v) is 5.20. The van der Waals surface area contributed by atoms with Gasteiger partial charge in [0.05, 0.1) is 12.5 Å². The van der Waals surface area contributed by atoms with Gasteiger partial charge in [0.2, 0.25) is 5.89 Å². The number of rotatable bonds is 4. The molecule has 2 atom stereocenters. The minimum atomic E-state index is 0.0885. The number of nitrogens with one attached hydrogen (secondary N) is 1. The summed E-state index contributed by atoms with van der Waals surface area (Å²) in [6.45, 7) is 2.05. The summed E-state index contributed by atoms with van der Waals surface area (Å²) in [5.74, 6) is 3.12. The molecular weight excluding hydrogens is 278 g/mol. The molecule has 1 N–H and O–H groups in total. The molecule has 0 amide bonds. The smallest absolute Gasteiger partial charge is 0.234 e. The summed E-state index contributed by atoms with van der Waals surface area (Å²) in [6, 6.07) is 8.01. The second-order valence-corrected chi connectivity index (χ2v) is 6.42. The predicted octanol–water partition coefficient (Wildman–Crippen LogP) is 2.31. The monoisotopic (exact) mass is 299 g/mol. The van der Waals surface area contributed by atoms with Crippen molar-refractivity contribution in [2.24, 2.45) is 5.92 Å². The highest BCUT2D eigenvalue weighted by Gasteiger charge is 2.51. The minimum Gasteiger partial charge on any atom is -0.497 e. The van der Waals surface area contributed by atoms with Crippen LogP contribution in [0.4, 0.5) is 0 Å². The second kappa shape index (κ2) is 5.39. The van der Waals surface area contributed by atoms with Crippen molar-refractivity contribution in [1.29, 1.82) is 0 Å². The zero-order chi connectivity index (χ0) is 15.0. The van der Waals surface area contributed by atoms with Crippen molar-refractivity contribution in [1.82, 2.24) is 15.5 Å². The van der Waals surface area contributed by atoms with Crippen LogP contribution in [0.5, 0.6) is 5.75 Å². The number of hydrogen-bond donors (Lipinski definition) is 1. The van der Waals surface area contributed by atoms with E-state index in [1.807, 2.05) is 24.3 Å². The van der Waals surface area contributed by atoms with Gasteiger partial charge in [-0.15, -0.1) is 0 Å². The van der Waals surface area contributed by atoms with E-state index < -0.39 is 0 Å². The number of benzene rings is 1. The van der Waals surface area contributed by atoms with Gasteiger partial charge in [-0.3, -0.25) is 0 Å². The molecule has 5 nitrogen and oxygen atoms in total. The van der Waals surface area contributed by atoms with Crippen molar-refractivity contribution in [2.45, 2.75) is 31.1 Å². The number of nitrogens with zero attached hydrogens (tertiary/aromatic N) is 2. The lowest BCUT2D eigenvalue weighted by Gasteiger charge is -2.22. The Morgan fingerprint density at radius 1 is 1.36 bits per heavy atom. The molecular formula is C17H21N3O2. The number of aromatic nitrogens is 2. The third kappa shape index (κ3) is 2.20. The fourth-order valence-electron chi connectivity index (χ4n) is 3.96. The zero-order valence-electron chi connectivity index (χ0n) is 12.8. The van der Waals surface area contributed by atoms with Crippen LogP contribution in [0.15, 0.2) is 28.8 Å². The largest absolute Gasteiger partial charge is 0.497 e. The lowest BCUT2D eigenvalue weighted by atomic mass is 9.80. The molecule has 2 heterocycles. The number of hydrogen-bond acceptors (Lipinski definition) is 5. The summed E-state index contributed by atoms with van der Waals surface area (Å²) in [7, 11) is 1.67. The van der Waals surface area contributed by atoms with Gasteiger partial charge in [-0.2, -0.15) is 4.98 Å². The molecule has 2 fully saturated rings. The van der Waals surface area contributed by atoms with E-state index in [0.717, 1.165) is 42.5 Å². The van der Waals surface area contributed by atoms with Crippen LogP contribution in [0.3, 0.4) is 0 Å². The average Bonchev–Trinajstić information content (AvgIpc) is 3.22. The van der Waals surface area contributed by atoms with Gasteiger partial charge < -0.3 is 14.6 Å². The summed E-state index contributed by atoms with van der Waals surface area (Å²) in [4.78, 5) is 4.71. The molecule has 5 heteroatoms. The van der Waals surface area contributed by atoms with Crippen LogP contribution in [-0.2, 0) is 11.8 Å². The number of ether oxygens (including phenoxy) is 1. The van der Waals surface area contributed by atoms with Crippen LogP contribution < -0.4 is 10.1 Å². The zero-order valence-corrected chi connectivity index (χ0v) is 12.8. The van der Waals surface area contributed by atoms with Gasteiger partial charge in [0.1, 0.15) is 5.75 Å². The van der Waals surface area contributed by atoms with Crippen LogP contribution in [0, 0.1) is 5.92 Å². The lowest BCUT2D eigenvalue weighted by Crippen LogP contribution is -2.31. The van der Waals surface area contributed by atoms with E-state index in [1.165, 1.54) is 12.8 Å². The molecule has 2 aliphatic rings. The van der Waals surface area contributed by atoms with Crippen LogP contribution in [-0.4, -0.2) is 30.3 Å². The molecule has 116 valence electrons. The van der Waals surface area contributed by atoms with Gasteiger partial charge in [-0.1, -0.05) is 23.7 Å². The Balaban J connectivity index is 1.54. The number of methoxy groups -OCH3 is 1. The Bertz CT molecular complexity index is 640. The van der Waals surface area contributed by atoms with Crippen molar-refractivity contribution < 1.29 is 9.26 Å². The van der Waals surface area contributed by atoms with E-state index in [1.54, 1.807) is 7.11 Å². The second-order valence-electron chi connectivity index (χ2n) is 6.42. The van der Waals surface area contributed by atoms with Gasteiger partial charge in [-0.25, -0.2) is 0 Å². The first-order valence-electron chi connectivity index (χ1n) is 7.97. The SMILES string of the molecule is COc1ccc(Cc2noc([C@@]34CCC[C@@H]3CNC4)n2)cc1. The molecule has 1 aromatic heterocycles. The van der Waals surface area contributed by atoms with E-state index in [0.29, 0.717) is 12.3 Å². The lowest BCUT2D eigenvalue weighted by molar-refractivity contribution is 0.264. The van der Waals surface area contributed by atoms with E-state index in [-0.39, 0.29) is 5.41 Å². The molecule has 0 bridgehead atoms. The first-order chi connectivity index (χ1) is 10.8. The molecule has 1 saturated heterocycles. The highest BCUT2D eigenvalue weighted by molar-refractivity contribution is 5.29. The van der Waals surface area contributed by atoms with E-state index in [4.69, 9.17) is 14.2 Å². The van der Waals surface area contributed by atoms with Crippen LogP contribution in [0.1, 0.15) is 36.5 Å². The summed E-state index contributed by atoms with van der Waals surface area (Å²) >= 11 is 0. The summed E-state index contributed by atoms with van der Waals surface area (Å²) in [5.41, 5.74) is 1.25. The molecule has 4 rings (SSSR count).